The highest BCUT2D eigenvalue weighted by molar-refractivity contribution is 5.35. The Morgan fingerprint density at radius 2 is 1.84 bits per heavy atom. The molecular formula is C11H23N7O. The lowest BCUT2D eigenvalue weighted by Gasteiger charge is -2.28. The summed E-state index contributed by atoms with van der Waals surface area (Å²) in [5.41, 5.74) is 2.46. The van der Waals surface area contributed by atoms with Gasteiger partial charge in [-0.15, -0.1) is 0 Å². The standard InChI is InChI=1S/C11H23N7O/c1-11(2,7-18(3)4)6-13-8-14-9(17-12)16-10(15-8)19-5/h6-7,12H2,1-5H3,(H2,13,14,15,16,17). The molecule has 0 saturated heterocycles. The number of rotatable bonds is 7. The van der Waals surface area contributed by atoms with Gasteiger partial charge in [-0.05, 0) is 19.5 Å². The van der Waals surface area contributed by atoms with Gasteiger partial charge in [-0.1, -0.05) is 13.8 Å². The van der Waals surface area contributed by atoms with Crippen molar-refractivity contribution >= 4 is 11.9 Å². The monoisotopic (exact) mass is 269 g/mol. The van der Waals surface area contributed by atoms with E-state index in [9.17, 15) is 0 Å². The van der Waals surface area contributed by atoms with Crippen LogP contribution in [0, 0.1) is 5.41 Å². The molecule has 0 radical (unpaired) electrons. The average Bonchev–Trinajstić information content (AvgIpc) is 2.34. The normalized spacial score (nSPS) is 11.5. The third kappa shape index (κ3) is 5.23. The number of hydrogen-bond donors (Lipinski definition) is 3. The number of hydrazine groups is 1. The maximum atomic E-state index is 5.30. The zero-order valence-electron chi connectivity index (χ0n) is 12.2. The summed E-state index contributed by atoms with van der Waals surface area (Å²) < 4.78 is 4.99. The van der Waals surface area contributed by atoms with Crippen molar-refractivity contribution in [1.29, 1.82) is 0 Å². The number of nitrogens with zero attached hydrogens (tertiary/aromatic N) is 4. The smallest absolute Gasteiger partial charge is 0.322 e. The summed E-state index contributed by atoms with van der Waals surface area (Å²) >= 11 is 0. The highest BCUT2D eigenvalue weighted by Crippen LogP contribution is 2.17. The summed E-state index contributed by atoms with van der Waals surface area (Å²) in [5.74, 6) is 6.00. The predicted octanol–water partition coefficient (Wildman–Crippen LogP) is 0.165. The van der Waals surface area contributed by atoms with Crippen molar-refractivity contribution in [3.8, 4) is 6.01 Å². The van der Waals surface area contributed by atoms with E-state index >= 15 is 0 Å². The van der Waals surface area contributed by atoms with Gasteiger partial charge in [0.1, 0.15) is 0 Å². The Balaban J connectivity index is 2.71. The molecule has 0 aromatic carbocycles. The molecule has 4 N–H and O–H groups in total. The molecule has 0 amide bonds. The van der Waals surface area contributed by atoms with E-state index in [1.807, 2.05) is 14.1 Å². The van der Waals surface area contributed by atoms with Crippen LogP contribution in [0.25, 0.3) is 0 Å². The van der Waals surface area contributed by atoms with Gasteiger partial charge >= 0.3 is 6.01 Å². The fraction of sp³-hybridized carbons (Fsp3) is 0.727. The van der Waals surface area contributed by atoms with Crippen LogP contribution < -0.4 is 21.3 Å². The highest BCUT2D eigenvalue weighted by atomic mass is 16.5. The van der Waals surface area contributed by atoms with Crippen molar-refractivity contribution < 1.29 is 4.74 Å². The maximum Gasteiger partial charge on any atom is 0.322 e. The Morgan fingerprint density at radius 1 is 1.21 bits per heavy atom. The minimum atomic E-state index is 0.0830. The number of nitrogens with one attached hydrogen (secondary N) is 2. The molecule has 1 aromatic rings. The van der Waals surface area contributed by atoms with Crippen LogP contribution in [0.15, 0.2) is 0 Å². The molecule has 0 spiro atoms. The van der Waals surface area contributed by atoms with Gasteiger partial charge in [0.25, 0.3) is 0 Å². The molecule has 0 aliphatic carbocycles. The maximum absolute atomic E-state index is 5.30. The number of hydrogen-bond acceptors (Lipinski definition) is 8. The summed E-state index contributed by atoms with van der Waals surface area (Å²) in [6.45, 7) is 6.01. The van der Waals surface area contributed by atoms with Gasteiger partial charge in [-0.2, -0.15) is 15.0 Å². The molecule has 1 rings (SSSR count). The molecule has 8 nitrogen and oxygen atoms in total. The van der Waals surface area contributed by atoms with Gasteiger partial charge in [0.05, 0.1) is 7.11 Å². The van der Waals surface area contributed by atoms with E-state index in [0.29, 0.717) is 5.95 Å². The van der Waals surface area contributed by atoms with Crippen LogP contribution in [0.5, 0.6) is 6.01 Å². The van der Waals surface area contributed by atoms with E-state index in [0.717, 1.165) is 13.1 Å². The fourth-order valence-corrected chi connectivity index (χ4v) is 1.82. The highest BCUT2D eigenvalue weighted by Gasteiger charge is 2.19. The molecule has 0 fully saturated rings. The van der Waals surface area contributed by atoms with Gasteiger partial charge in [0.15, 0.2) is 0 Å². The van der Waals surface area contributed by atoms with Crippen molar-refractivity contribution in [3.63, 3.8) is 0 Å². The molecule has 0 aliphatic heterocycles. The fourth-order valence-electron chi connectivity index (χ4n) is 1.82. The van der Waals surface area contributed by atoms with Crippen LogP contribution in [0.2, 0.25) is 0 Å². The Bertz CT molecular complexity index is 386. The zero-order valence-corrected chi connectivity index (χ0v) is 12.2. The number of nitrogen functional groups attached to an aromatic ring is 1. The van der Waals surface area contributed by atoms with Gasteiger partial charge in [-0.3, -0.25) is 5.43 Å². The van der Waals surface area contributed by atoms with Crippen LogP contribution in [0.4, 0.5) is 11.9 Å². The second-order valence-corrected chi connectivity index (χ2v) is 5.37. The van der Waals surface area contributed by atoms with Crippen molar-refractivity contribution in [2.45, 2.75) is 13.8 Å². The molecule has 0 bridgehead atoms. The molecule has 0 unspecified atom stereocenters. The van der Waals surface area contributed by atoms with Crippen LogP contribution in [-0.2, 0) is 0 Å². The van der Waals surface area contributed by atoms with Crippen LogP contribution in [-0.4, -0.2) is 54.1 Å². The van der Waals surface area contributed by atoms with Gasteiger partial charge in [0.2, 0.25) is 11.9 Å². The number of ether oxygens (including phenoxy) is 1. The molecule has 1 heterocycles. The van der Waals surface area contributed by atoms with Crippen molar-refractivity contribution in [3.05, 3.63) is 0 Å². The SMILES string of the molecule is COc1nc(NN)nc(NCC(C)(C)CN(C)C)n1. The molecule has 8 heteroatoms. The quantitative estimate of drug-likeness (QED) is 0.475. The Hall–Kier alpha value is -1.67. The van der Waals surface area contributed by atoms with Gasteiger partial charge < -0.3 is 15.0 Å². The van der Waals surface area contributed by atoms with E-state index in [-0.39, 0.29) is 17.4 Å². The Kier molecular flexibility index (Phi) is 5.25. The Labute approximate surface area is 113 Å². The van der Waals surface area contributed by atoms with E-state index in [4.69, 9.17) is 10.6 Å². The first-order chi connectivity index (χ1) is 8.86. The molecule has 1 aromatic heterocycles. The minimum Gasteiger partial charge on any atom is -0.467 e. The number of aromatic nitrogens is 3. The summed E-state index contributed by atoms with van der Waals surface area (Å²) in [5, 5.41) is 3.18. The van der Waals surface area contributed by atoms with Gasteiger partial charge in [0, 0.05) is 13.1 Å². The first kappa shape index (κ1) is 15.4. The first-order valence-electron chi connectivity index (χ1n) is 6.01. The van der Waals surface area contributed by atoms with E-state index in [1.54, 1.807) is 0 Å². The molecule has 108 valence electrons. The van der Waals surface area contributed by atoms with Crippen molar-refractivity contribution in [2.75, 3.05) is 45.0 Å². The van der Waals surface area contributed by atoms with E-state index in [1.165, 1.54) is 7.11 Å². The van der Waals surface area contributed by atoms with Crippen LogP contribution >= 0.6 is 0 Å². The number of anilines is 2. The van der Waals surface area contributed by atoms with Gasteiger partial charge in [-0.25, -0.2) is 5.84 Å². The molecular weight excluding hydrogens is 246 g/mol. The second kappa shape index (κ2) is 6.48. The topological polar surface area (TPSA) is 101 Å². The predicted molar refractivity (Wildman–Crippen MR) is 75.0 cm³/mol. The van der Waals surface area contributed by atoms with E-state index in [2.05, 4.69) is 44.4 Å². The van der Waals surface area contributed by atoms with Crippen molar-refractivity contribution in [1.82, 2.24) is 19.9 Å². The van der Waals surface area contributed by atoms with Crippen LogP contribution in [0.3, 0.4) is 0 Å². The molecule has 0 atom stereocenters. The lowest BCUT2D eigenvalue weighted by atomic mass is 9.93. The molecule has 19 heavy (non-hydrogen) atoms. The lowest BCUT2D eigenvalue weighted by molar-refractivity contribution is 0.253. The third-order valence-electron chi connectivity index (χ3n) is 2.40. The van der Waals surface area contributed by atoms with Crippen LogP contribution in [0.1, 0.15) is 13.8 Å². The minimum absolute atomic E-state index is 0.0830. The largest absolute Gasteiger partial charge is 0.467 e. The summed E-state index contributed by atoms with van der Waals surface area (Å²) in [6.07, 6.45) is 0. The van der Waals surface area contributed by atoms with E-state index < -0.39 is 0 Å². The zero-order chi connectivity index (χ0) is 14.5. The number of nitrogens with two attached hydrogens (primary N) is 1. The summed E-state index contributed by atoms with van der Waals surface area (Å²) in [6, 6.07) is 0.218. The number of methoxy groups -OCH3 is 1. The molecule has 0 saturated carbocycles. The third-order valence-corrected chi connectivity index (χ3v) is 2.40. The summed E-state index contributed by atoms with van der Waals surface area (Å²) in [4.78, 5) is 14.3. The lowest BCUT2D eigenvalue weighted by Crippen LogP contribution is -2.34. The average molecular weight is 269 g/mol. The first-order valence-corrected chi connectivity index (χ1v) is 6.01. The second-order valence-electron chi connectivity index (χ2n) is 5.37. The Morgan fingerprint density at radius 3 is 2.37 bits per heavy atom. The summed E-state index contributed by atoms with van der Waals surface area (Å²) in [7, 11) is 5.59. The van der Waals surface area contributed by atoms with Crippen molar-refractivity contribution in [2.24, 2.45) is 11.3 Å². The molecule has 0 aliphatic rings.